The van der Waals surface area contributed by atoms with Gasteiger partial charge in [-0.25, -0.2) is 14.6 Å². The number of halogens is 1. The maximum Gasteiger partial charge on any atom is 0.380 e. The van der Waals surface area contributed by atoms with E-state index in [1.807, 2.05) is 48.5 Å². The van der Waals surface area contributed by atoms with E-state index in [4.69, 9.17) is 33.8 Å². The molecular formula is C38H46FNO7. The van der Waals surface area contributed by atoms with Crippen molar-refractivity contribution in [3.05, 3.63) is 84.7 Å². The van der Waals surface area contributed by atoms with E-state index in [9.17, 15) is 9.18 Å². The summed E-state index contributed by atoms with van der Waals surface area (Å²) in [6.07, 6.45) is 10.4. The minimum Gasteiger partial charge on any atom is -0.494 e. The van der Waals surface area contributed by atoms with Crippen LogP contribution in [0.1, 0.15) is 64.7 Å². The molecule has 9 heteroatoms. The Labute approximate surface area is 277 Å². The molecule has 0 spiro atoms. The van der Waals surface area contributed by atoms with Gasteiger partial charge in [-0.1, -0.05) is 69.7 Å². The highest BCUT2D eigenvalue weighted by Crippen LogP contribution is 2.28. The molecule has 1 aliphatic rings. The van der Waals surface area contributed by atoms with Gasteiger partial charge in [-0.3, -0.25) is 0 Å². The molecule has 0 saturated carbocycles. The summed E-state index contributed by atoms with van der Waals surface area (Å²) in [6, 6.07) is 19.8. The predicted molar refractivity (Wildman–Crippen MR) is 180 cm³/mol. The number of carbonyl (C=O) groups excluding carboxylic acids is 1. The molecule has 1 saturated heterocycles. The van der Waals surface area contributed by atoms with Crippen LogP contribution < -0.4 is 18.9 Å². The van der Waals surface area contributed by atoms with Crippen molar-refractivity contribution in [3.63, 3.8) is 0 Å². The zero-order valence-corrected chi connectivity index (χ0v) is 27.3. The van der Waals surface area contributed by atoms with E-state index in [-0.39, 0.29) is 23.3 Å². The summed E-state index contributed by atoms with van der Waals surface area (Å²) in [6.45, 7) is 7.79. The minimum atomic E-state index is -0.651. The summed E-state index contributed by atoms with van der Waals surface area (Å²) in [4.78, 5) is 11.7. The van der Waals surface area contributed by atoms with Crippen molar-refractivity contribution in [2.45, 2.75) is 64.7 Å². The molecule has 0 aromatic heterocycles. The van der Waals surface area contributed by atoms with Crippen molar-refractivity contribution in [1.29, 1.82) is 5.41 Å². The Morgan fingerprint density at radius 1 is 0.745 bits per heavy atom. The number of carbonyl (C=O) groups is 1. The number of hydrogen-bond donors (Lipinski definition) is 1. The van der Waals surface area contributed by atoms with Gasteiger partial charge in [-0.15, -0.1) is 0 Å². The van der Waals surface area contributed by atoms with Crippen LogP contribution in [0.2, 0.25) is 0 Å². The summed E-state index contributed by atoms with van der Waals surface area (Å²) in [5.41, 5.74) is 1.75. The molecule has 0 bridgehead atoms. The number of nitrogens with one attached hydrogen (secondary N) is 1. The molecule has 47 heavy (non-hydrogen) atoms. The third kappa shape index (κ3) is 12.6. The van der Waals surface area contributed by atoms with Crippen LogP contribution in [0.15, 0.2) is 78.9 Å². The van der Waals surface area contributed by atoms with Gasteiger partial charge in [0.1, 0.15) is 30.5 Å². The van der Waals surface area contributed by atoms with E-state index in [0.29, 0.717) is 38.6 Å². The third-order valence-corrected chi connectivity index (χ3v) is 7.71. The number of unbranched alkanes of at least 4 members (excludes halogenated alkanes) is 8. The second-order valence-electron chi connectivity index (χ2n) is 11.8. The molecule has 3 aromatic carbocycles. The molecule has 0 aliphatic carbocycles. The molecule has 252 valence electrons. The molecule has 0 amide bonds. The van der Waals surface area contributed by atoms with Crippen molar-refractivity contribution in [3.8, 4) is 34.1 Å². The van der Waals surface area contributed by atoms with Crippen LogP contribution >= 0.6 is 0 Å². The Morgan fingerprint density at radius 3 is 1.72 bits per heavy atom. The van der Waals surface area contributed by atoms with Crippen LogP contribution in [0.3, 0.4) is 0 Å². The summed E-state index contributed by atoms with van der Waals surface area (Å²) in [7, 11) is 0. The maximum absolute atomic E-state index is 14.4. The van der Waals surface area contributed by atoms with E-state index >= 15 is 0 Å². The molecule has 1 heterocycles. The van der Waals surface area contributed by atoms with Gasteiger partial charge in [-0.2, -0.15) is 0 Å². The van der Waals surface area contributed by atoms with E-state index in [0.717, 1.165) is 42.1 Å². The van der Waals surface area contributed by atoms with Crippen molar-refractivity contribution >= 4 is 12.1 Å². The second-order valence-corrected chi connectivity index (χ2v) is 11.8. The van der Waals surface area contributed by atoms with Gasteiger partial charge >= 0.3 is 12.1 Å². The van der Waals surface area contributed by atoms with Crippen LogP contribution in [-0.2, 0) is 14.3 Å². The van der Waals surface area contributed by atoms with Gasteiger partial charge in [0.25, 0.3) is 0 Å². The number of esters is 1. The maximum atomic E-state index is 14.4. The molecule has 4 rings (SSSR count). The van der Waals surface area contributed by atoms with Gasteiger partial charge in [0.15, 0.2) is 11.6 Å². The van der Waals surface area contributed by atoms with Crippen LogP contribution in [0, 0.1) is 17.1 Å². The molecule has 1 aliphatic heterocycles. The molecule has 1 fully saturated rings. The lowest BCUT2D eigenvalue weighted by Crippen LogP contribution is -2.31. The van der Waals surface area contributed by atoms with Crippen molar-refractivity contribution in [1.82, 2.24) is 0 Å². The lowest BCUT2D eigenvalue weighted by atomic mass is 10.1. The second kappa shape index (κ2) is 19.2. The number of rotatable bonds is 20. The van der Waals surface area contributed by atoms with Crippen LogP contribution in [0.4, 0.5) is 4.39 Å². The highest BCUT2D eigenvalue weighted by molar-refractivity contribution is 5.88. The fourth-order valence-electron chi connectivity index (χ4n) is 4.93. The average molecular weight is 648 g/mol. The van der Waals surface area contributed by atoms with E-state index in [1.54, 1.807) is 6.07 Å². The lowest BCUT2D eigenvalue weighted by molar-refractivity contribution is -0.130. The van der Waals surface area contributed by atoms with E-state index in [2.05, 4.69) is 6.58 Å². The lowest BCUT2D eigenvalue weighted by Gasteiger charge is -2.23. The SMILES string of the molecule is C=C(C)C(=O)Oc1ccc(-c2ccc(OCCCCCCCCCCCOc3ccc(OCC4COC(=N)OC4)cc3)cc2)cc1F. The quantitative estimate of drug-likeness (QED) is 0.0566. The number of benzene rings is 3. The fourth-order valence-corrected chi connectivity index (χ4v) is 4.93. The Morgan fingerprint density at radius 2 is 1.21 bits per heavy atom. The van der Waals surface area contributed by atoms with Gasteiger partial charge in [-0.05, 0) is 79.4 Å². The molecule has 0 unspecified atom stereocenters. The molecular weight excluding hydrogens is 601 g/mol. The Kier molecular flexibility index (Phi) is 14.4. The van der Waals surface area contributed by atoms with Crippen LogP contribution in [0.5, 0.6) is 23.0 Å². The highest BCUT2D eigenvalue weighted by Gasteiger charge is 2.19. The molecule has 0 atom stereocenters. The van der Waals surface area contributed by atoms with Crippen molar-refractivity contribution in [2.24, 2.45) is 5.92 Å². The summed E-state index contributed by atoms with van der Waals surface area (Å²) in [5.74, 6) is 1.17. The molecule has 3 aromatic rings. The standard InChI is InChI=1S/C38H46FNO7/c1-28(2)37(41)47-36-21-14-31(24-35(36)39)30-12-15-32(16-13-30)42-22-10-8-6-4-3-5-7-9-11-23-43-33-17-19-34(20-18-33)44-25-29-26-45-38(40)46-27-29/h12-21,24,29,40H,1,3-11,22-23,25-27H2,2H3. The zero-order valence-electron chi connectivity index (χ0n) is 27.3. The monoisotopic (exact) mass is 647 g/mol. The number of hydrogen-bond acceptors (Lipinski definition) is 8. The first-order valence-electron chi connectivity index (χ1n) is 16.5. The molecule has 1 N–H and O–H groups in total. The fraction of sp³-hybridized carbons (Fsp3) is 0.421. The molecule has 0 radical (unpaired) electrons. The number of ether oxygens (including phenoxy) is 6. The molecule has 8 nitrogen and oxygen atoms in total. The van der Waals surface area contributed by atoms with Crippen molar-refractivity contribution < 1.29 is 37.6 Å². The average Bonchev–Trinajstić information content (AvgIpc) is 3.08. The predicted octanol–water partition coefficient (Wildman–Crippen LogP) is 8.92. The van der Waals surface area contributed by atoms with Crippen LogP contribution in [0.25, 0.3) is 11.1 Å². The summed E-state index contributed by atoms with van der Waals surface area (Å²) in [5, 5.41) is 7.29. The van der Waals surface area contributed by atoms with Gasteiger partial charge in [0, 0.05) is 5.57 Å². The highest BCUT2D eigenvalue weighted by atomic mass is 19.1. The van der Waals surface area contributed by atoms with E-state index in [1.165, 1.54) is 57.6 Å². The minimum absolute atomic E-state index is 0.114. The first-order chi connectivity index (χ1) is 22.9. The van der Waals surface area contributed by atoms with Crippen molar-refractivity contribution in [2.75, 3.05) is 33.0 Å². The normalized spacial score (nSPS) is 14.1. The first kappa shape index (κ1) is 35.3. The van der Waals surface area contributed by atoms with Gasteiger partial charge in [0.2, 0.25) is 0 Å². The zero-order chi connectivity index (χ0) is 33.3. The van der Waals surface area contributed by atoms with Crippen LogP contribution in [-0.4, -0.2) is 45.1 Å². The summed E-state index contributed by atoms with van der Waals surface area (Å²) >= 11 is 0. The Bertz CT molecular complexity index is 1410. The smallest absolute Gasteiger partial charge is 0.380 e. The third-order valence-electron chi connectivity index (χ3n) is 7.71. The van der Waals surface area contributed by atoms with Gasteiger partial charge in [0.05, 0.1) is 25.7 Å². The largest absolute Gasteiger partial charge is 0.494 e. The van der Waals surface area contributed by atoms with Gasteiger partial charge < -0.3 is 28.4 Å². The Hall–Kier alpha value is -4.53. The first-order valence-corrected chi connectivity index (χ1v) is 16.5. The Balaban J connectivity index is 0.966. The van der Waals surface area contributed by atoms with E-state index < -0.39 is 11.8 Å². The topological polar surface area (TPSA) is 96.3 Å². The summed E-state index contributed by atoms with van der Waals surface area (Å²) < 4.78 is 47.2.